The van der Waals surface area contributed by atoms with E-state index < -0.39 is 9.70 Å². The number of amides is 1. The second-order valence-corrected chi connectivity index (χ2v) is 6.62. The van der Waals surface area contributed by atoms with Gasteiger partial charge in [-0.2, -0.15) is 4.99 Å². The number of hydrogen-bond donors (Lipinski definition) is 0. The molecule has 0 spiro atoms. The molecule has 90 valence electrons. The molecule has 1 heterocycles. The summed E-state index contributed by atoms with van der Waals surface area (Å²) in [6, 6.07) is 7.71. The Kier molecular flexibility index (Phi) is 3.50. The zero-order valence-electron chi connectivity index (χ0n) is 8.65. The third-order valence-corrected chi connectivity index (χ3v) is 3.75. The number of fused-ring (bicyclic) bond motifs is 1. The predicted molar refractivity (Wildman–Crippen MR) is 71.7 cm³/mol. The number of thiazole rings is 1. The van der Waals surface area contributed by atoms with Gasteiger partial charge in [0.15, 0.2) is 4.80 Å². The van der Waals surface area contributed by atoms with Crippen LogP contribution in [0.1, 0.15) is 0 Å². The lowest BCUT2D eigenvalue weighted by Crippen LogP contribution is -2.21. The lowest BCUT2D eigenvalue weighted by molar-refractivity contribution is -0.117. The van der Waals surface area contributed by atoms with Crippen molar-refractivity contribution in [3.8, 4) is 0 Å². The number of rotatable bonds is 0. The van der Waals surface area contributed by atoms with Crippen LogP contribution in [0.2, 0.25) is 0 Å². The summed E-state index contributed by atoms with van der Waals surface area (Å²) in [4.78, 5) is 15.8. The fourth-order valence-electron chi connectivity index (χ4n) is 1.34. The quantitative estimate of drug-likeness (QED) is 0.689. The van der Waals surface area contributed by atoms with Crippen molar-refractivity contribution in [1.29, 1.82) is 0 Å². The number of carbonyl (C=O) groups is 1. The maximum Gasteiger partial charge on any atom is 0.300 e. The van der Waals surface area contributed by atoms with Crippen LogP contribution in [0.25, 0.3) is 10.2 Å². The predicted octanol–water partition coefficient (Wildman–Crippen LogP) is 3.04. The van der Waals surface area contributed by atoms with E-state index in [9.17, 15) is 4.79 Å². The average Bonchev–Trinajstić information content (AvgIpc) is 2.55. The van der Waals surface area contributed by atoms with Gasteiger partial charge in [-0.15, -0.1) is 0 Å². The van der Waals surface area contributed by atoms with Crippen molar-refractivity contribution < 1.29 is 4.79 Å². The molecule has 0 fully saturated rings. The minimum absolute atomic E-state index is 0.502. The smallest absolute Gasteiger partial charge is 0.300 e. The average molecular weight is 310 g/mol. The number of alkyl halides is 3. The Morgan fingerprint density at radius 1 is 1.35 bits per heavy atom. The Morgan fingerprint density at radius 3 is 2.59 bits per heavy atom. The number of carbonyl (C=O) groups excluding carboxylic acids is 1. The van der Waals surface area contributed by atoms with E-state index in [1.165, 1.54) is 11.3 Å². The van der Waals surface area contributed by atoms with Gasteiger partial charge in [0, 0.05) is 7.05 Å². The zero-order valence-corrected chi connectivity index (χ0v) is 11.7. The van der Waals surface area contributed by atoms with Gasteiger partial charge in [-0.05, 0) is 12.1 Å². The minimum atomic E-state index is -2.01. The molecule has 0 aliphatic rings. The second kappa shape index (κ2) is 4.61. The first kappa shape index (κ1) is 12.9. The highest BCUT2D eigenvalue weighted by molar-refractivity contribution is 7.16. The molecule has 0 aliphatic carbocycles. The maximum absolute atomic E-state index is 11.5. The Bertz CT molecular complexity index is 639. The Hall–Kier alpha value is -0.550. The molecule has 0 aliphatic heterocycles. The number of benzene rings is 1. The molecule has 1 aromatic heterocycles. The summed E-state index contributed by atoms with van der Waals surface area (Å²) in [5, 5.41) is 0. The first-order valence-electron chi connectivity index (χ1n) is 4.60. The molecule has 17 heavy (non-hydrogen) atoms. The molecule has 1 aromatic carbocycles. The molecular weight excluding hydrogens is 303 g/mol. The van der Waals surface area contributed by atoms with Crippen LogP contribution in [0.3, 0.4) is 0 Å². The zero-order chi connectivity index (χ0) is 12.6. The second-order valence-electron chi connectivity index (χ2n) is 3.33. The molecule has 7 heteroatoms. The van der Waals surface area contributed by atoms with Crippen molar-refractivity contribution in [3.63, 3.8) is 0 Å². The Morgan fingerprint density at radius 2 is 2.00 bits per heavy atom. The van der Waals surface area contributed by atoms with Crippen molar-refractivity contribution in [2.24, 2.45) is 12.0 Å². The molecule has 0 saturated heterocycles. The van der Waals surface area contributed by atoms with Gasteiger partial charge < -0.3 is 4.57 Å². The summed E-state index contributed by atoms with van der Waals surface area (Å²) in [6.45, 7) is 0. The van der Waals surface area contributed by atoms with Gasteiger partial charge in [0.1, 0.15) is 0 Å². The molecule has 2 rings (SSSR count). The monoisotopic (exact) mass is 308 g/mol. The largest absolute Gasteiger partial charge is 0.319 e. The summed E-state index contributed by atoms with van der Waals surface area (Å²) in [7, 11) is 1.81. The van der Waals surface area contributed by atoms with E-state index in [4.69, 9.17) is 34.8 Å². The van der Waals surface area contributed by atoms with Gasteiger partial charge in [0.25, 0.3) is 9.70 Å². The van der Waals surface area contributed by atoms with Crippen LogP contribution in [-0.2, 0) is 11.8 Å². The van der Waals surface area contributed by atoms with E-state index >= 15 is 0 Å². The first-order valence-corrected chi connectivity index (χ1v) is 6.55. The summed E-state index contributed by atoms with van der Waals surface area (Å²) in [5.74, 6) is -0.787. The lowest BCUT2D eigenvalue weighted by atomic mass is 10.3. The molecule has 3 nitrogen and oxygen atoms in total. The summed E-state index contributed by atoms with van der Waals surface area (Å²) < 4.78 is 0.795. The van der Waals surface area contributed by atoms with Crippen molar-refractivity contribution in [3.05, 3.63) is 29.1 Å². The van der Waals surface area contributed by atoms with Gasteiger partial charge in [-0.1, -0.05) is 58.3 Å². The standard InChI is InChI=1S/C10H7Cl3N2OS/c1-15-6-4-2-3-5-7(6)17-9(15)14-8(16)10(11,12)13/h2-5H,1H3. The van der Waals surface area contributed by atoms with E-state index in [1.54, 1.807) is 4.57 Å². The molecular formula is C10H7Cl3N2OS. The van der Waals surface area contributed by atoms with Gasteiger partial charge in [0.2, 0.25) is 0 Å². The maximum atomic E-state index is 11.5. The van der Waals surface area contributed by atoms with Crippen LogP contribution in [0.4, 0.5) is 0 Å². The number of hydrogen-bond acceptors (Lipinski definition) is 2. The van der Waals surface area contributed by atoms with Crippen LogP contribution < -0.4 is 4.80 Å². The SMILES string of the molecule is Cn1c(=NC(=O)C(Cl)(Cl)Cl)sc2ccccc21. The van der Waals surface area contributed by atoms with Gasteiger partial charge in [-0.3, -0.25) is 4.79 Å². The van der Waals surface area contributed by atoms with E-state index in [1.807, 2.05) is 31.3 Å². The van der Waals surface area contributed by atoms with Crippen LogP contribution in [0.5, 0.6) is 0 Å². The van der Waals surface area contributed by atoms with Crippen molar-refractivity contribution in [1.82, 2.24) is 4.57 Å². The van der Waals surface area contributed by atoms with E-state index in [-0.39, 0.29) is 0 Å². The minimum Gasteiger partial charge on any atom is -0.319 e. The molecule has 0 atom stereocenters. The Labute approximate surface area is 116 Å². The molecule has 0 saturated carbocycles. The van der Waals surface area contributed by atoms with E-state index in [2.05, 4.69) is 4.99 Å². The highest BCUT2D eigenvalue weighted by Crippen LogP contribution is 2.27. The third-order valence-electron chi connectivity index (χ3n) is 2.15. The van der Waals surface area contributed by atoms with Crippen LogP contribution in [-0.4, -0.2) is 14.3 Å². The summed E-state index contributed by atoms with van der Waals surface area (Å²) in [5.41, 5.74) is 0.980. The van der Waals surface area contributed by atoms with Gasteiger partial charge in [0.05, 0.1) is 10.2 Å². The summed E-state index contributed by atoms with van der Waals surface area (Å²) in [6.07, 6.45) is 0. The number of aryl methyl sites for hydroxylation is 1. The fourth-order valence-corrected chi connectivity index (χ4v) is 2.48. The summed E-state index contributed by atoms with van der Waals surface area (Å²) >= 11 is 17.8. The highest BCUT2D eigenvalue weighted by atomic mass is 35.6. The molecule has 0 N–H and O–H groups in total. The third kappa shape index (κ3) is 2.65. The van der Waals surface area contributed by atoms with Crippen molar-refractivity contribution in [2.75, 3.05) is 0 Å². The van der Waals surface area contributed by atoms with Crippen LogP contribution >= 0.6 is 46.1 Å². The molecule has 0 radical (unpaired) electrons. The van der Waals surface area contributed by atoms with Gasteiger partial charge >= 0.3 is 0 Å². The van der Waals surface area contributed by atoms with Crippen LogP contribution in [0, 0.1) is 0 Å². The van der Waals surface area contributed by atoms with E-state index in [0.29, 0.717) is 4.80 Å². The number of nitrogens with zero attached hydrogens (tertiary/aromatic N) is 2. The molecule has 0 bridgehead atoms. The molecule has 0 unspecified atom stereocenters. The topological polar surface area (TPSA) is 34.4 Å². The number of para-hydroxylation sites is 1. The first-order chi connectivity index (χ1) is 7.89. The van der Waals surface area contributed by atoms with E-state index in [0.717, 1.165) is 10.2 Å². The fraction of sp³-hybridized carbons (Fsp3) is 0.200. The number of halogens is 3. The lowest BCUT2D eigenvalue weighted by Gasteiger charge is -2.03. The Balaban J connectivity index is 2.61. The highest BCUT2D eigenvalue weighted by Gasteiger charge is 2.30. The van der Waals surface area contributed by atoms with Crippen molar-refractivity contribution in [2.45, 2.75) is 3.79 Å². The molecule has 2 aromatic rings. The van der Waals surface area contributed by atoms with Gasteiger partial charge in [-0.25, -0.2) is 0 Å². The van der Waals surface area contributed by atoms with Crippen molar-refractivity contribution >= 4 is 62.3 Å². The number of aromatic nitrogens is 1. The van der Waals surface area contributed by atoms with Crippen LogP contribution in [0.15, 0.2) is 29.3 Å². The normalized spacial score (nSPS) is 13.3. The molecule has 1 amide bonds.